The molecule has 0 heterocycles. The van der Waals surface area contributed by atoms with E-state index >= 15 is 0 Å². The molecule has 0 aliphatic heterocycles. The first kappa shape index (κ1) is 26.7. The Morgan fingerprint density at radius 2 is 1.67 bits per heavy atom. The molecule has 3 rings (SSSR count). The van der Waals surface area contributed by atoms with Crippen LogP contribution >= 0.6 is 0 Å². The van der Waals surface area contributed by atoms with Crippen LogP contribution in [-0.2, 0) is 11.2 Å². The van der Waals surface area contributed by atoms with Crippen molar-refractivity contribution in [1.82, 2.24) is 4.90 Å². The fourth-order valence-corrected chi connectivity index (χ4v) is 4.07. The van der Waals surface area contributed by atoms with Crippen molar-refractivity contribution >= 4 is 28.9 Å². The van der Waals surface area contributed by atoms with Crippen molar-refractivity contribution in [2.24, 2.45) is 0 Å². The second kappa shape index (κ2) is 12.2. The Labute approximate surface area is 213 Å². The molecule has 0 unspecified atom stereocenters. The van der Waals surface area contributed by atoms with Crippen molar-refractivity contribution in [3.8, 4) is 0 Å². The highest BCUT2D eigenvalue weighted by atomic mass is 19.1. The van der Waals surface area contributed by atoms with E-state index in [0.29, 0.717) is 24.3 Å². The van der Waals surface area contributed by atoms with Crippen molar-refractivity contribution < 1.29 is 14.0 Å². The molecule has 0 fully saturated rings. The number of nitrogens with one attached hydrogen (secondary N) is 1. The van der Waals surface area contributed by atoms with Crippen molar-refractivity contribution in [3.05, 3.63) is 101 Å². The maximum absolute atomic E-state index is 13.6. The number of carbonyl (C=O) groups excluding carboxylic acids is 2. The standard InChI is InChI=1S/C30H34FN3O2/c1-6-22(5)34(27-16-14-25(31)15-17-27)28-20-24(13-12-21(28)4)30(36)32-26-11-9-10-23(18-26)19-29(35)33(7-2)8-3/h6,9-18,20H,7-8,19H2,1-5H3,(H,32,36)/b22-6-. The lowest BCUT2D eigenvalue weighted by molar-refractivity contribution is -0.130. The summed E-state index contributed by atoms with van der Waals surface area (Å²) in [5.74, 6) is -0.491. The molecule has 0 bridgehead atoms. The number of halogens is 1. The smallest absolute Gasteiger partial charge is 0.255 e. The number of allylic oxidation sites excluding steroid dienone is 2. The second-order valence-electron chi connectivity index (χ2n) is 8.64. The topological polar surface area (TPSA) is 52.7 Å². The van der Waals surface area contributed by atoms with E-state index in [1.807, 2.05) is 82.0 Å². The first-order valence-electron chi connectivity index (χ1n) is 12.2. The van der Waals surface area contributed by atoms with Gasteiger partial charge >= 0.3 is 0 Å². The van der Waals surface area contributed by atoms with Gasteiger partial charge in [0.1, 0.15) is 5.82 Å². The summed E-state index contributed by atoms with van der Waals surface area (Å²) in [6, 6.07) is 19.2. The number of benzene rings is 3. The number of likely N-dealkylation sites (N-methyl/N-ethyl adjacent to an activating group) is 1. The van der Waals surface area contributed by atoms with Crippen LogP contribution in [0.1, 0.15) is 49.2 Å². The molecule has 0 saturated heterocycles. The first-order chi connectivity index (χ1) is 17.3. The summed E-state index contributed by atoms with van der Waals surface area (Å²) in [7, 11) is 0. The lowest BCUT2D eigenvalue weighted by atomic mass is 10.1. The number of hydrogen-bond acceptors (Lipinski definition) is 3. The molecule has 3 aromatic rings. The zero-order valence-corrected chi connectivity index (χ0v) is 21.6. The highest BCUT2D eigenvalue weighted by Crippen LogP contribution is 2.33. The molecule has 0 saturated carbocycles. The minimum absolute atomic E-state index is 0.0619. The van der Waals surface area contributed by atoms with Gasteiger partial charge in [-0.3, -0.25) is 9.59 Å². The Morgan fingerprint density at radius 3 is 2.31 bits per heavy atom. The van der Waals surface area contributed by atoms with E-state index in [2.05, 4.69) is 5.32 Å². The van der Waals surface area contributed by atoms with Gasteiger partial charge in [-0.2, -0.15) is 0 Å². The molecule has 0 aromatic heterocycles. The number of rotatable bonds is 9. The predicted octanol–water partition coefficient (Wildman–Crippen LogP) is 6.86. The van der Waals surface area contributed by atoms with Gasteiger partial charge in [-0.25, -0.2) is 4.39 Å². The van der Waals surface area contributed by atoms with Crippen LogP contribution in [0.4, 0.5) is 21.5 Å². The lowest BCUT2D eigenvalue weighted by Crippen LogP contribution is -2.31. The van der Waals surface area contributed by atoms with Gasteiger partial charge < -0.3 is 15.1 Å². The maximum atomic E-state index is 13.6. The molecular formula is C30H34FN3O2. The van der Waals surface area contributed by atoms with Crippen LogP contribution < -0.4 is 10.2 Å². The summed E-state index contributed by atoms with van der Waals surface area (Å²) in [4.78, 5) is 29.5. The van der Waals surface area contributed by atoms with E-state index in [0.717, 1.165) is 28.2 Å². The third-order valence-electron chi connectivity index (χ3n) is 6.22. The van der Waals surface area contributed by atoms with Gasteiger partial charge in [0.2, 0.25) is 5.91 Å². The van der Waals surface area contributed by atoms with E-state index in [4.69, 9.17) is 0 Å². The van der Waals surface area contributed by atoms with Crippen LogP contribution in [0.15, 0.2) is 78.5 Å². The van der Waals surface area contributed by atoms with Crippen molar-refractivity contribution in [2.75, 3.05) is 23.3 Å². The summed E-state index contributed by atoms with van der Waals surface area (Å²) in [5, 5.41) is 2.96. The van der Waals surface area contributed by atoms with E-state index < -0.39 is 0 Å². The Hall–Kier alpha value is -3.93. The maximum Gasteiger partial charge on any atom is 0.255 e. The lowest BCUT2D eigenvalue weighted by Gasteiger charge is -2.28. The highest BCUT2D eigenvalue weighted by molar-refractivity contribution is 6.05. The molecule has 3 aromatic carbocycles. The molecule has 36 heavy (non-hydrogen) atoms. The number of aryl methyl sites for hydroxylation is 1. The van der Waals surface area contributed by atoms with Gasteiger partial charge in [-0.05, 0) is 94.3 Å². The van der Waals surface area contributed by atoms with Crippen molar-refractivity contribution in [2.45, 2.75) is 41.0 Å². The summed E-state index contributed by atoms with van der Waals surface area (Å²) in [6.07, 6.45) is 2.26. The van der Waals surface area contributed by atoms with Crippen LogP contribution in [0.3, 0.4) is 0 Å². The quantitative estimate of drug-likeness (QED) is 0.359. The van der Waals surface area contributed by atoms with E-state index in [1.54, 1.807) is 23.1 Å². The zero-order valence-electron chi connectivity index (χ0n) is 21.6. The molecular weight excluding hydrogens is 453 g/mol. The van der Waals surface area contributed by atoms with Gasteiger partial charge in [0.05, 0.1) is 6.42 Å². The molecule has 1 N–H and O–H groups in total. The molecule has 0 radical (unpaired) electrons. The fraction of sp³-hybridized carbons (Fsp3) is 0.267. The van der Waals surface area contributed by atoms with Crippen LogP contribution in [0.25, 0.3) is 0 Å². The van der Waals surface area contributed by atoms with E-state index in [9.17, 15) is 14.0 Å². The normalized spacial score (nSPS) is 11.2. The monoisotopic (exact) mass is 487 g/mol. The minimum atomic E-state index is -0.303. The third-order valence-corrected chi connectivity index (χ3v) is 6.22. The second-order valence-corrected chi connectivity index (χ2v) is 8.64. The van der Waals surface area contributed by atoms with Crippen LogP contribution in [-0.4, -0.2) is 29.8 Å². The van der Waals surface area contributed by atoms with Crippen LogP contribution in [0.2, 0.25) is 0 Å². The Balaban J connectivity index is 1.86. The summed E-state index contributed by atoms with van der Waals surface area (Å²) >= 11 is 0. The summed E-state index contributed by atoms with van der Waals surface area (Å²) in [6.45, 7) is 11.2. The Bertz CT molecular complexity index is 1250. The number of amides is 2. The molecule has 2 amide bonds. The SMILES string of the molecule is C/C=C(/C)N(c1ccc(F)cc1)c1cc(C(=O)Nc2cccc(CC(=O)N(CC)CC)c2)ccc1C. The number of carbonyl (C=O) groups is 2. The van der Waals surface area contributed by atoms with Crippen molar-refractivity contribution in [1.29, 1.82) is 0 Å². The summed E-state index contributed by atoms with van der Waals surface area (Å²) < 4.78 is 13.6. The number of hydrogen-bond donors (Lipinski definition) is 1. The molecule has 0 aliphatic carbocycles. The molecule has 188 valence electrons. The third kappa shape index (κ3) is 6.39. The highest BCUT2D eigenvalue weighted by Gasteiger charge is 2.17. The van der Waals surface area contributed by atoms with Gasteiger partial charge in [-0.15, -0.1) is 0 Å². The molecule has 0 aliphatic rings. The predicted molar refractivity (Wildman–Crippen MR) is 145 cm³/mol. The van der Waals surface area contributed by atoms with E-state index in [1.165, 1.54) is 12.1 Å². The average Bonchev–Trinajstić information content (AvgIpc) is 2.87. The summed E-state index contributed by atoms with van der Waals surface area (Å²) in [5.41, 5.74) is 5.55. The van der Waals surface area contributed by atoms with Crippen LogP contribution in [0, 0.1) is 12.7 Å². The number of nitrogens with zero attached hydrogens (tertiary/aromatic N) is 2. The van der Waals surface area contributed by atoms with Gasteiger partial charge in [0, 0.05) is 41.4 Å². The zero-order chi connectivity index (χ0) is 26.2. The minimum Gasteiger partial charge on any atom is -0.343 e. The van der Waals surface area contributed by atoms with Gasteiger partial charge in [-0.1, -0.05) is 24.3 Å². The molecule has 6 heteroatoms. The largest absolute Gasteiger partial charge is 0.343 e. The average molecular weight is 488 g/mol. The number of anilines is 3. The first-order valence-corrected chi connectivity index (χ1v) is 12.2. The Morgan fingerprint density at radius 1 is 0.972 bits per heavy atom. The van der Waals surface area contributed by atoms with Crippen LogP contribution in [0.5, 0.6) is 0 Å². The fourth-order valence-electron chi connectivity index (χ4n) is 4.07. The van der Waals surface area contributed by atoms with Gasteiger partial charge in [0.15, 0.2) is 0 Å². The van der Waals surface area contributed by atoms with Crippen molar-refractivity contribution in [3.63, 3.8) is 0 Å². The molecule has 0 spiro atoms. The molecule has 0 atom stereocenters. The molecule has 5 nitrogen and oxygen atoms in total. The van der Waals surface area contributed by atoms with E-state index in [-0.39, 0.29) is 24.1 Å². The van der Waals surface area contributed by atoms with Gasteiger partial charge in [0.25, 0.3) is 5.91 Å². The Kier molecular flexibility index (Phi) is 9.01.